The Morgan fingerprint density at radius 1 is 0.837 bits per heavy atom. The van der Waals surface area contributed by atoms with Crippen molar-refractivity contribution in [2.45, 2.75) is 64.5 Å². The number of urea groups is 1. The van der Waals surface area contributed by atoms with Crippen LogP contribution in [0.4, 0.5) is 4.79 Å². The van der Waals surface area contributed by atoms with E-state index < -0.39 is 35.8 Å². The second-order valence-corrected chi connectivity index (χ2v) is 9.97. The van der Waals surface area contributed by atoms with Crippen molar-refractivity contribution in [2.24, 2.45) is 11.7 Å². The van der Waals surface area contributed by atoms with Gasteiger partial charge in [0.25, 0.3) is 5.91 Å². The fourth-order valence-electron chi connectivity index (χ4n) is 3.92. The minimum atomic E-state index is -0.969. The van der Waals surface area contributed by atoms with Gasteiger partial charge >= 0.3 is 6.03 Å². The fraction of sp³-hybridized carbons (Fsp3) is 0.731. The summed E-state index contributed by atoms with van der Waals surface area (Å²) in [5.74, 6) is -2.66. The molecule has 0 aromatic heterocycles. The van der Waals surface area contributed by atoms with Gasteiger partial charge in [0.2, 0.25) is 29.5 Å². The van der Waals surface area contributed by atoms with Crippen LogP contribution in [-0.2, 0) is 43.1 Å². The van der Waals surface area contributed by atoms with Crippen LogP contribution in [0.5, 0.6) is 0 Å². The quantitative estimate of drug-likeness (QED) is 0.0437. The van der Waals surface area contributed by atoms with Crippen LogP contribution in [0.15, 0.2) is 0 Å². The molecule has 17 heteroatoms. The molecule has 1 heterocycles. The third kappa shape index (κ3) is 15.8. The van der Waals surface area contributed by atoms with E-state index in [0.717, 1.165) is 4.90 Å². The number of carbonyl (C=O) groups is 7. The number of amides is 8. The number of hydrogen-bond donors (Lipinski definition) is 6. The molecule has 8 amide bonds. The van der Waals surface area contributed by atoms with Crippen molar-refractivity contribution >= 4 is 41.5 Å². The summed E-state index contributed by atoms with van der Waals surface area (Å²) in [6, 6.07) is -2.58. The second-order valence-electron chi connectivity index (χ2n) is 9.97. The first kappa shape index (κ1) is 37.2. The van der Waals surface area contributed by atoms with Crippen molar-refractivity contribution < 1.29 is 47.9 Å². The molecular formula is C26H45N7O10. The van der Waals surface area contributed by atoms with Crippen molar-refractivity contribution in [1.82, 2.24) is 31.6 Å². The first-order chi connectivity index (χ1) is 20.5. The number of ether oxygens (including phenoxy) is 2. The maximum atomic E-state index is 12.9. The van der Waals surface area contributed by atoms with Crippen molar-refractivity contribution in [3.05, 3.63) is 0 Å². The molecule has 2 atom stereocenters. The highest BCUT2D eigenvalue weighted by atomic mass is 16.6. The number of primary amides is 1. The molecule has 1 aliphatic heterocycles. The van der Waals surface area contributed by atoms with Gasteiger partial charge in [0.1, 0.15) is 12.1 Å². The van der Waals surface area contributed by atoms with Gasteiger partial charge in [-0.15, -0.1) is 0 Å². The van der Waals surface area contributed by atoms with E-state index in [4.69, 9.17) is 15.2 Å². The normalized spacial score (nSPS) is 14.3. The largest absolute Gasteiger partial charge is 0.379 e. The van der Waals surface area contributed by atoms with E-state index in [2.05, 4.69) is 31.6 Å². The van der Waals surface area contributed by atoms with Crippen molar-refractivity contribution in [1.29, 1.82) is 0 Å². The number of rotatable bonds is 22. The molecule has 7 N–H and O–H groups in total. The molecule has 244 valence electrons. The summed E-state index contributed by atoms with van der Waals surface area (Å²) in [6.45, 7) is 4.76. The summed E-state index contributed by atoms with van der Waals surface area (Å²) in [4.78, 5) is 89.2. The van der Waals surface area contributed by atoms with Gasteiger partial charge in [-0.3, -0.25) is 38.5 Å². The van der Waals surface area contributed by atoms with Gasteiger partial charge in [-0.1, -0.05) is 13.8 Å². The molecule has 0 bridgehead atoms. The van der Waals surface area contributed by atoms with Crippen molar-refractivity contribution in [3.63, 3.8) is 0 Å². The number of nitrogens with two attached hydrogens (primary N) is 1. The first-order valence-electron chi connectivity index (χ1n) is 14.2. The van der Waals surface area contributed by atoms with E-state index in [0.29, 0.717) is 6.42 Å². The first-order valence-corrected chi connectivity index (χ1v) is 14.2. The Kier molecular flexibility index (Phi) is 18.1. The topological polar surface area (TPSA) is 237 Å². The van der Waals surface area contributed by atoms with Crippen molar-refractivity contribution in [3.8, 4) is 0 Å². The molecule has 0 saturated carbocycles. The SMILES string of the molecule is CONC(=O)[C@H](CCCNC(N)=O)NC(=O)[C@@H](NC(=O)CCOCCOCCNC(=O)CCN1C(=O)CCC1=O)C(C)C. The standard InChI is InChI=1S/C26H45N7O10/c1-17(2)23(25(39)30-18(24(38)32-41-3)5-4-10-29-26(27)40)31-20(35)9-13-42-15-16-43-14-11-28-19(34)8-12-33-21(36)6-7-22(33)37/h17-18,23H,4-16H2,1-3H3,(H,28,34)(H,30,39)(H,31,35)(H,32,38)(H3,27,29,40)/t18-,23-/m0/s1. The number of nitrogens with zero attached hydrogens (tertiary/aromatic N) is 1. The third-order valence-electron chi connectivity index (χ3n) is 6.20. The summed E-state index contributed by atoms with van der Waals surface area (Å²) < 4.78 is 10.8. The molecule has 1 saturated heterocycles. The Balaban J connectivity index is 2.26. The predicted octanol–water partition coefficient (Wildman–Crippen LogP) is -2.18. The lowest BCUT2D eigenvalue weighted by Crippen LogP contribution is -2.55. The molecule has 0 radical (unpaired) electrons. The van der Waals surface area contributed by atoms with Gasteiger partial charge in [-0.2, -0.15) is 0 Å². The maximum absolute atomic E-state index is 12.9. The van der Waals surface area contributed by atoms with Crippen LogP contribution in [0.3, 0.4) is 0 Å². The predicted molar refractivity (Wildman–Crippen MR) is 151 cm³/mol. The minimum absolute atomic E-state index is 0.0129. The molecule has 1 aliphatic rings. The highest BCUT2D eigenvalue weighted by molar-refractivity contribution is 6.02. The zero-order chi connectivity index (χ0) is 32.2. The number of nitrogens with one attached hydrogen (secondary N) is 5. The molecule has 17 nitrogen and oxygen atoms in total. The molecule has 0 aliphatic carbocycles. The monoisotopic (exact) mass is 615 g/mol. The molecular weight excluding hydrogens is 570 g/mol. The fourth-order valence-corrected chi connectivity index (χ4v) is 3.92. The van der Waals surface area contributed by atoms with Crippen LogP contribution < -0.4 is 32.5 Å². The zero-order valence-electron chi connectivity index (χ0n) is 25.0. The van der Waals surface area contributed by atoms with Gasteiger partial charge < -0.3 is 36.5 Å². The Labute approximate surface area is 250 Å². The number of imide groups is 1. The molecule has 0 spiro atoms. The number of likely N-dealkylation sites (tertiary alicyclic amines) is 1. The minimum Gasteiger partial charge on any atom is -0.379 e. The second kappa shape index (κ2) is 21.0. The molecule has 1 rings (SSSR count). The van der Waals surface area contributed by atoms with E-state index in [1.54, 1.807) is 13.8 Å². The molecule has 0 unspecified atom stereocenters. The van der Waals surface area contributed by atoms with Crippen LogP contribution in [0.25, 0.3) is 0 Å². The maximum Gasteiger partial charge on any atom is 0.312 e. The van der Waals surface area contributed by atoms with Gasteiger partial charge in [0.05, 0.1) is 33.5 Å². The highest BCUT2D eigenvalue weighted by Crippen LogP contribution is 2.11. The molecule has 0 aromatic rings. The van der Waals surface area contributed by atoms with E-state index in [1.807, 2.05) is 0 Å². The van der Waals surface area contributed by atoms with Crippen molar-refractivity contribution in [2.75, 3.05) is 53.2 Å². The summed E-state index contributed by atoms with van der Waals surface area (Å²) >= 11 is 0. The van der Waals surface area contributed by atoms with Crippen LogP contribution in [0, 0.1) is 5.92 Å². The van der Waals surface area contributed by atoms with Gasteiger partial charge in [-0.25, -0.2) is 10.3 Å². The van der Waals surface area contributed by atoms with Crippen LogP contribution in [0.2, 0.25) is 0 Å². The van der Waals surface area contributed by atoms with Gasteiger partial charge in [-0.05, 0) is 18.8 Å². The Morgan fingerprint density at radius 3 is 2.09 bits per heavy atom. The lowest BCUT2D eigenvalue weighted by atomic mass is 10.0. The lowest BCUT2D eigenvalue weighted by molar-refractivity contribution is -0.139. The molecule has 43 heavy (non-hydrogen) atoms. The van der Waals surface area contributed by atoms with E-state index >= 15 is 0 Å². The van der Waals surface area contributed by atoms with E-state index in [9.17, 15) is 33.6 Å². The van der Waals surface area contributed by atoms with Gasteiger partial charge in [0, 0.05) is 45.3 Å². The Hall–Kier alpha value is -3.83. The Morgan fingerprint density at radius 2 is 1.49 bits per heavy atom. The molecule has 0 aromatic carbocycles. The highest BCUT2D eigenvalue weighted by Gasteiger charge is 2.29. The Bertz CT molecular complexity index is 947. The van der Waals surface area contributed by atoms with Crippen LogP contribution >= 0.6 is 0 Å². The number of hydroxylamine groups is 1. The summed E-state index contributed by atoms with van der Waals surface area (Å²) in [7, 11) is 1.26. The number of carbonyl (C=O) groups excluding carboxylic acids is 7. The lowest BCUT2D eigenvalue weighted by Gasteiger charge is -2.25. The van der Waals surface area contributed by atoms with E-state index in [-0.39, 0.29) is 102 Å². The van der Waals surface area contributed by atoms with Gasteiger partial charge in [0.15, 0.2) is 0 Å². The third-order valence-corrected chi connectivity index (χ3v) is 6.20. The average molecular weight is 616 g/mol. The summed E-state index contributed by atoms with van der Waals surface area (Å²) in [5.41, 5.74) is 7.20. The zero-order valence-corrected chi connectivity index (χ0v) is 25.0. The summed E-state index contributed by atoms with van der Waals surface area (Å²) in [5, 5.41) is 10.3. The smallest absolute Gasteiger partial charge is 0.312 e. The molecule has 1 fully saturated rings. The number of hydrogen-bond acceptors (Lipinski definition) is 10. The van der Waals surface area contributed by atoms with E-state index in [1.165, 1.54) is 7.11 Å². The summed E-state index contributed by atoms with van der Waals surface area (Å²) in [6.07, 6.45) is 0.933. The van der Waals surface area contributed by atoms with Crippen LogP contribution in [-0.4, -0.2) is 112 Å². The average Bonchev–Trinajstić information content (AvgIpc) is 3.27. The van der Waals surface area contributed by atoms with Crippen LogP contribution in [0.1, 0.15) is 52.4 Å².